The molecule has 2 N–H and O–H groups in total. The number of hydrogen-bond donors (Lipinski definition) is 2. The van der Waals surface area contributed by atoms with Crippen LogP contribution in [-0.2, 0) is 0 Å². The van der Waals surface area contributed by atoms with Gasteiger partial charge in [-0.3, -0.25) is 0 Å². The summed E-state index contributed by atoms with van der Waals surface area (Å²) in [7, 11) is 0. The summed E-state index contributed by atoms with van der Waals surface area (Å²) in [6.07, 6.45) is 4.65. The Hall–Kier alpha value is -1.16. The third kappa shape index (κ3) is 2.45. The van der Waals surface area contributed by atoms with Crippen LogP contribution in [0.15, 0.2) is 18.3 Å². The van der Waals surface area contributed by atoms with E-state index in [4.69, 9.17) is 5.11 Å². The van der Waals surface area contributed by atoms with Crippen LogP contribution in [-0.4, -0.2) is 22.7 Å². The Morgan fingerprint density at radius 2 is 2.40 bits per heavy atom. The number of rotatable bonds is 3. The summed E-state index contributed by atoms with van der Waals surface area (Å²) in [6.45, 7) is 0.200. The van der Waals surface area contributed by atoms with Gasteiger partial charge in [0, 0.05) is 36.5 Å². The van der Waals surface area contributed by atoms with Crippen LogP contribution in [0.25, 0.3) is 0 Å². The molecule has 1 heterocycles. The predicted octanol–water partition coefficient (Wildman–Crippen LogP) is 1.79. The second kappa shape index (κ2) is 4.57. The van der Waals surface area contributed by atoms with E-state index >= 15 is 0 Å². The van der Waals surface area contributed by atoms with Crippen LogP contribution in [0.5, 0.6) is 0 Å². The molecule has 0 spiro atoms. The van der Waals surface area contributed by atoms with E-state index in [0.717, 1.165) is 24.9 Å². The normalized spacial score (nSPS) is 25.5. The van der Waals surface area contributed by atoms with Gasteiger partial charge in [0.15, 0.2) is 0 Å². The number of pyridine rings is 1. The molecule has 0 radical (unpaired) electrons. The Labute approximate surface area is 88.3 Å². The number of aliphatic hydroxyl groups excluding tert-OH is 1. The zero-order valence-electron chi connectivity index (χ0n) is 8.49. The summed E-state index contributed by atoms with van der Waals surface area (Å²) in [5.41, 5.74) is 0.743. The highest BCUT2D eigenvalue weighted by Gasteiger charge is 2.26. The number of halogens is 1. The van der Waals surface area contributed by atoms with E-state index in [1.54, 1.807) is 6.07 Å². The van der Waals surface area contributed by atoms with Gasteiger partial charge in [-0.25, -0.2) is 4.98 Å². The van der Waals surface area contributed by atoms with Crippen molar-refractivity contribution in [1.82, 2.24) is 4.98 Å². The second-order valence-corrected chi connectivity index (χ2v) is 3.99. The fraction of sp³-hybridized carbons (Fsp3) is 0.545. The minimum absolute atomic E-state index is 0.200. The highest BCUT2D eigenvalue weighted by molar-refractivity contribution is 5.42. The largest absolute Gasteiger partial charge is 0.396 e. The fourth-order valence-corrected chi connectivity index (χ4v) is 2.15. The molecule has 0 unspecified atom stereocenters. The predicted molar refractivity (Wildman–Crippen MR) is 56.0 cm³/mol. The third-order valence-electron chi connectivity index (χ3n) is 2.97. The average molecular weight is 210 g/mol. The topological polar surface area (TPSA) is 45.1 Å². The quantitative estimate of drug-likeness (QED) is 0.748. The van der Waals surface area contributed by atoms with Crippen LogP contribution >= 0.6 is 0 Å². The first kappa shape index (κ1) is 10.4. The first-order chi connectivity index (χ1) is 7.29. The average Bonchev–Trinajstić information content (AvgIpc) is 2.65. The molecule has 1 aromatic heterocycles. The second-order valence-electron chi connectivity index (χ2n) is 3.99. The number of nitrogens with zero attached hydrogens (tertiary/aromatic N) is 1. The molecule has 0 aliphatic heterocycles. The molecular formula is C11H15FN2O. The van der Waals surface area contributed by atoms with Gasteiger partial charge in [0.1, 0.15) is 0 Å². The fourth-order valence-electron chi connectivity index (χ4n) is 2.15. The van der Waals surface area contributed by atoms with Gasteiger partial charge < -0.3 is 10.4 Å². The van der Waals surface area contributed by atoms with Crippen molar-refractivity contribution in [2.45, 2.75) is 25.3 Å². The maximum Gasteiger partial charge on any atom is 0.214 e. The van der Waals surface area contributed by atoms with Crippen molar-refractivity contribution in [2.24, 2.45) is 5.92 Å². The summed E-state index contributed by atoms with van der Waals surface area (Å²) in [5, 5.41) is 12.4. The SMILES string of the molecule is OC[C@@H]1CCC[C@@H]1Nc1ccnc(F)c1. The van der Waals surface area contributed by atoms with Crippen LogP contribution < -0.4 is 5.32 Å². The number of aromatic nitrogens is 1. The summed E-state index contributed by atoms with van der Waals surface area (Å²) < 4.78 is 12.8. The third-order valence-corrected chi connectivity index (χ3v) is 2.97. The molecule has 1 saturated carbocycles. The van der Waals surface area contributed by atoms with Gasteiger partial charge in [0.25, 0.3) is 0 Å². The molecule has 1 aliphatic rings. The molecule has 0 aromatic carbocycles. The van der Waals surface area contributed by atoms with E-state index < -0.39 is 5.95 Å². The molecule has 2 atom stereocenters. The molecule has 0 amide bonds. The number of aliphatic hydroxyl groups is 1. The van der Waals surface area contributed by atoms with E-state index in [1.165, 1.54) is 12.3 Å². The molecular weight excluding hydrogens is 195 g/mol. The lowest BCUT2D eigenvalue weighted by atomic mass is 10.1. The van der Waals surface area contributed by atoms with Gasteiger partial charge in [-0.05, 0) is 18.9 Å². The lowest BCUT2D eigenvalue weighted by Gasteiger charge is -2.20. The van der Waals surface area contributed by atoms with Crippen molar-refractivity contribution in [3.05, 3.63) is 24.3 Å². The minimum Gasteiger partial charge on any atom is -0.396 e. The summed E-state index contributed by atoms with van der Waals surface area (Å²) in [4.78, 5) is 3.50. The standard InChI is InChI=1S/C11H15FN2O/c12-11-6-9(4-5-13-11)14-10-3-1-2-8(10)7-15/h4-6,8,10,15H,1-3,7H2,(H,13,14)/t8-,10-/m0/s1. The van der Waals surface area contributed by atoms with E-state index in [-0.39, 0.29) is 12.6 Å². The molecule has 4 heteroatoms. The van der Waals surface area contributed by atoms with Gasteiger partial charge >= 0.3 is 0 Å². The lowest BCUT2D eigenvalue weighted by molar-refractivity contribution is 0.222. The van der Waals surface area contributed by atoms with Gasteiger partial charge in [0.05, 0.1) is 0 Å². The van der Waals surface area contributed by atoms with Gasteiger partial charge in [-0.15, -0.1) is 0 Å². The highest BCUT2D eigenvalue weighted by Crippen LogP contribution is 2.27. The number of anilines is 1. The zero-order chi connectivity index (χ0) is 10.7. The maximum absolute atomic E-state index is 12.8. The van der Waals surface area contributed by atoms with E-state index in [2.05, 4.69) is 10.3 Å². The van der Waals surface area contributed by atoms with E-state index in [0.29, 0.717) is 5.92 Å². The molecule has 15 heavy (non-hydrogen) atoms. The lowest BCUT2D eigenvalue weighted by Crippen LogP contribution is -2.26. The maximum atomic E-state index is 12.8. The first-order valence-electron chi connectivity index (χ1n) is 5.28. The molecule has 1 fully saturated rings. The Morgan fingerprint density at radius 3 is 3.13 bits per heavy atom. The Bertz CT molecular complexity index is 332. The van der Waals surface area contributed by atoms with Crippen LogP contribution in [0.1, 0.15) is 19.3 Å². The summed E-state index contributed by atoms with van der Waals surface area (Å²) in [5.74, 6) is -0.181. The van der Waals surface area contributed by atoms with Crippen LogP contribution in [0.4, 0.5) is 10.1 Å². The summed E-state index contributed by atoms with van der Waals surface area (Å²) in [6, 6.07) is 3.39. The van der Waals surface area contributed by atoms with E-state index in [9.17, 15) is 4.39 Å². The highest BCUT2D eigenvalue weighted by atomic mass is 19.1. The van der Waals surface area contributed by atoms with Gasteiger partial charge in [-0.2, -0.15) is 4.39 Å². The minimum atomic E-state index is -0.474. The first-order valence-corrected chi connectivity index (χ1v) is 5.28. The van der Waals surface area contributed by atoms with Crippen LogP contribution in [0, 0.1) is 11.9 Å². The Kier molecular flexibility index (Phi) is 3.16. The van der Waals surface area contributed by atoms with Crippen LogP contribution in [0.2, 0.25) is 0 Å². The smallest absolute Gasteiger partial charge is 0.214 e. The van der Waals surface area contributed by atoms with Crippen molar-refractivity contribution in [3.63, 3.8) is 0 Å². The van der Waals surface area contributed by atoms with Crippen LogP contribution in [0.3, 0.4) is 0 Å². The summed E-state index contributed by atoms with van der Waals surface area (Å²) >= 11 is 0. The number of hydrogen-bond acceptors (Lipinski definition) is 3. The Balaban J connectivity index is 2.02. The molecule has 1 aromatic rings. The van der Waals surface area contributed by atoms with Crippen molar-refractivity contribution in [2.75, 3.05) is 11.9 Å². The molecule has 0 bridgehead atoms. The van der Waals surface area contributed by atoms with Crippen molar-refractivity contribution >= 4 is 5.69 Å². The number of nitrogens with one attached hydrogen (secondary N) is 1. The van der Waals surface area contributed by atoms with Crippen molar-refractivity contribution in [3.8, 4) is 0 Å². The molecule has 2 rings (SSSR count). The Morgan fingerprint density at radius 1 is 1.53 bits per heavy atom. The van der Waals surface area contributed by atoms with Crippen molar-refractivity contribution in [1.29, 1.82) is 0 Å². The zero-order valence-corrected chi connectivity index (χ0v) is 8.49. The monoisotopic (exact) mass is 210 g/mol. The van der Waals surface area contributed by atoms with Gasteiger partial charge in [0.2, 0.25) is 5.95 Å². The molecule has 1 aliphatic carbocycles. The van der Waals surface area contributed by atoms with E-state index in [1.807, 2.05) is 0 Å². The molecule has 3 nitrogen and oxygen atoms in total. The molecule has 82 valence electrons. The molecule has 0 saturated heterocycles. The van der Waals surface area contributed by atoms with Crippen molar-refractivity contribution < 1.29 is 9.50 Å². The van der Waals surface area contributed by atoms with Gasteiger partial charge in [-0.1, -0.05) is 6.42 Å².